The third-order valence-electron chi connectivity index (χ3n) is 6.64. The molecule has 8 heteroatoms. The minimum Gasteiger partial charge on any atom is -0.373 e. The molecule has 0 N–H and O–H groups in total. The predicted molar refractivity (Wildman–Crippen MR) is 113 cm³/mol. The molecule has 3 aliphatic heterocycles. The molecule has 4 heterocycles. The highest BCUT2D eigenvalue weighted by molar-refractivity contribution is 5.80. The van der Waals surface area contributed by atoms with Gasteiger partial charge in [0.15, 0.2) is 0 Å². The van der Waals surface area contributed by atoms with Gasteiger partial charge in [-0.15, -0.1) is 0 Å². The SMILES string of the molecule is Cn1cc([C@H]2[C@H](CN3CCCCC3)OCCN2C(=O)CCN2CCCCC2=O)cn1. The van der Waals surface area contributed by atoms with E-state index >= 15 is 0 Å². The number of rotatable bonds is 6. The van der Waals surface area contributed by atoms with E-state index in [2.05, 4.69) is 10.00 Å². The van der Waals surface area contributed by atoms with E-state index in [9.17, 15) is 9.59 Å². The Morgan fingerprint density at radius 2 is 1.93 bits per heavy atom. The van der Waals surface area contributed by atoms with Crippen LogP contribution in [0, 0.1) is 0 Å². The summed E-state index contributed by atoms with van der Waals surface area (Å²) < 4.78 is 8.00. The van der Waals surface area contributed by atoms with Crippen LogP contribution in [0.4, 0.5) is 0 Å². The molecule has 0 bridgehead atoms. The zero-order chi connectivity index (χ0) is 20.9. The number of aromatic nitrogens is 2. The van der Waals surface area contributed by atoms with Crippen molar-refractivity contribution in [2.75, 3.05) is 45.9 Å². The molecule has 4 rings (SSSR count). The number of piperidine rings is 2. The molecule has 3 fully saturated rings. The Kier molecular flexibility index (Phi) is 7.04. The smallest absolute Gasteiger partial charge is 0.225 e. The fourth-order valence-corrected chi connectivity index (χ4v) is 5.02. The molecule has 30 heavy (non-hydrogen) atoms. The molecule has 0 aliphatic carbocycles. The summed E-state index contributed by atoms with van der Waals surface area (Å²) in [4.78, 5) is 31.7. The average Bonchev–Trinajstić information content (AvgIpc) is 3.19. The molecule has 0 spiro atoms. The number of nitrogens with zero attached hydrogens (tertiary/aromatic N) is 5. The van der Waals surface area contributed by atoms with Crippen LogP contribution in [0.3, 0.4) is 0 Å². The minimum absolute atomic E-state index is 0.0541. The van der Waals surface area contributed by atoms with E-state index in [1.807, 2.05) is 29.2 Å². The molecular formula is C22H35N5O3. The Hall–Kier alpha value is -1.93. The molecular weight excluding hydrogens is 382 g/mol. The number of likely N-dealkylation sites (tertiary alicyclic amines) is 2. The van der Waals surface area contributed by atoms with Crippen LogP contribution in [-0.2, 0) is 21.4 Å². The Bertz CT molecular complexity index is 730. The third-order valence-corrected chi connectivity index (χ3v) is 6.64. The molecule has 0 saturated carbocycles. The summed E-state index contributed by atoms with van der Waals surface area (Å²) in [6.45, 7) is 5.49. The molecule has 1 aromatic heterocycles. The van der Waals surface area contributed by atoms with Crippen LogP contribution in [0.1, 0.15) is 56.6 Å². The lowest BCUT2D eigenvalue weighted by Gasteiger charge is -2.43. The second-order valence-corrected chi connectivity index (χ2v) is 8.84. The standard InChI is InChI=1S/C22H35N5O3/c1-24-16-18(15-23-24)22-19(17-25-9-4-2-5-10-25)30-14-13-27(22)21(29)8-12-26-11-6-3-7-20(26)28/h15-16,19,22H,2-14,17H2,1H3/t19-,22-/m0/s1. The van der Waals surface area contributed by atoms with Gasteiger partial charge in [-0.05, 0) is 38.8 Å². The molecule has 3 aliphatic rings. The largest absolute Gasteiger partial charge is 0.373 e. The molecule has 8 nitrogen and oxygen atoms in total. The highest BCUT2D eigenvalue weighted by atomic mass is 16.5. The van der Waals surface area contributed by atoms with Gasteiger partial charge in [0, 0.05) is 57.8 Å². The summed E-state index contributed by atoms with van der Waals surface area (Å²) in [5.74, 6) is 0.289. The molecule has 1 aromatic rings. The van der Waals surface area contributed by atoms with Crippen LogP contribution in [0.15, 0.2) is 12.4 Å². The van der Waals surface area contributed by atoms with Crippen LogP contribution in [0.5, 0.6) is 0 Å². The molecule has 0 radical (unpaired) electrons. The van der Waals surface area contributed by atoms with Gasteiger partial charge in [-0.1, -0.05) is 6.42 Å². The maximum absolute atomic E-state index is 13.3. The predicted octanol–water partition coefficient (Wildman–Crippen LogP) is 1.58. The molecule has 2 amide bonds. The lowest BCUT2D eigenvalue weighted by molar-refractivity contribution is -0.149. The van der Waals surface area contributed by atoms with Crippen molar-refractivity contribution in [3.05, 3.63) is 18.0 Å². The van der Waals surface area contributed by atoms with Gasteiger partial charge in [0.1, 0.15) is 0 Å². The van der Waals surface area contributed by atoms with Crippen molar-refractivity contribution in [1.82, 2.24) is 24.5 Å². The molecule has 166 valence electrons. The molecule has 0 unspecified atom stereocenters. The highest BCUT2D eigenvalue weighted by Crippen LogP contribution is 2.31. The topological polar surface area (TPSA) is 70.9 Å². The van der Waals surface area contributed by atoms with E-state index < -0.39 is 0 Å². The van der Waals surface area contributed by atoms with Gasteiger partial charge in [-0.2, -0.15) is 5.10 Å². The van der Waals surface area contributed by atoms with Crippen LogP contribution in [-0.4, -0.2) is 88.3 Å². The average molecular weight is 418 g/mol. The van der Waals surface area contributed by atoms with Gasteiger partial charge >= 0.3 is 0 Å². The summed E-state index contributed by atoms with van der Waals surface area (Å²) >= 11 is 0. The molecule has 0 aromatic carbocycles. The maximum atomic E-state index is 13.3. The van der Waals surface area contributed by atoms with Crippen molar-refractivity contribution >= 4 is 11.8 Å². The Labute approximate surface area is 179 Å². The van der Waals surface area contributed by atoms with Gasteiger partial charge in [0.25, 0.3) is 0 Å². The van der Waals surface area contributed by atoms with E-state index in [4.69, 9.17) is 4.74 Å². The minimum atomic E-state index is -0.126. The number of aryl methyl sites for hydroxylation is 1. The molecule has 3 saturated heterocycles. The fourth-order valence-electron chi connectivity index (χ4n) is 5.02. The van der Waals surface area contributed by atoms with E-state index in [0.29, 0.717) is 32.5 Å². The van der Waals surface area contributed by atoms with E-state index in [-0.39, 0.29) is 24.0 Å². The Balaban J connectivity index is 1.46. The fraction of sp³-hybridized carbons (Fsp3) is 0.773. The van der Waals surface area contributed by atoms with E-state index in [0.717, 1.165) is 44.6 Å². The van der Waals surface area contributed by atoms with E-state index in [1.54, 1.807) is 4.68 Å². The van der Waals surface area contributed by atoms with Gasteiger partial charge in [-0.25, -0.2) is 0 Å². The number of morpholine rings is 1. The van der Waals surface area contributed by atoms with E-state index in [1.165, 1.54) is 19.3 Å². The van der Waals surface area contributed by atoms with Gasteiger partial charge < -0.3 is 19.4 Å². The van der Waals surface area contributed by atoms with Crippen LogP contribution in [0.25, 0.3) is 0 Å². The summed E-state index contributed by atoms with van der Waals surface area (Å²) in [6.07, 6.45) is 10.6. The van der Waals surface area contributed by atoms with Gasteiger partial charge in [0.05, 0.1) is 24.9 Å². The number of ether oxygens (including phenoxy) is 1. The van der Waals surface area contributed by atoms with Gasteiger partial charge in [0.2, 0.25) is 11.8 Å². The monoisotopic (exact) mass is 417 g/mol. The first-order valence-corrected chi connectivity index (χ1v) is 11.5. The number of carbonyl (C=O) groups excluding carboxylic acids is 2. The molecule has 2 atom stereocenters. The quantitative estimate of drug-likeness (QED) is 0.703. The Morgan fingerprint density at radius 1 is 1.13 bits per heavy atom. The van der Waals surface area contributed by atoms with Gasteiger partial charge in [-0.3, -0.25) is 14.3 Å². The van der Waals surface area contributed by atoms with Crippen LogP contribution in [0.2, 0.25) is 0 Å². The summed E-state index contributed by atoms with van der Waals surface area (Å²) in [6, 6.07) is -0.126. The maximum Gasteiger partial charge on any atom is 0.225 e. The second-order valence-electron chi connectivity index (χ2n) is 8.84. The summed E-state index contributed by atoms with van der Waals surface area (Å²) in [7, 11) is 1.90. The van der Waals surface area contributed by atoms with Crippen LogP contribution >= 0.6 is 0 Å². The highest BCUT2D eigenvalue weighted by Gasteiger charge is 2.38. The van der Waals surface area contributed by atoms with Crippen molar-refractivity contribution in [1.29, 1.82) is 0 Å². The first kappa shape index (κ1) is 21.3. The second kappa shape index (κ2) is 9.92. The van der Waals surface area contributed by atoms with Crippen molar-refractivity contribution in [3.63, 3.8) is 0 Å². The number of hydrogen-bond acceptors (Lipinski definition) is 5. The van der Waals surface area contributed by atoms with Crippen LogP contribution < -0.4 is 0 Å². The lowest BCUT2D eigenvalue weighted by atomic mass is 9.99. The number of amides is 2. The zero-order valence-electron chi connectivity index (χ0n) is 18.2. The van der Waals surface area contributed by atoms with Crippen molar-refractivity contribution < 1.29 is 14.3 Å². The lowest BCUT2D eigenvalue weighted by Crippen LogP contribution is -2.52. The first-order valence-electron chi connectivity index (χ1n) is 11.5. The van der Waals surface area contributed by atoms with Crippen molar-refractivity contribution in [2.24, 2.45) is 7.05 Å². The number of hydrogen-bond donors (Lipinski definition) is 0. The van der Waals surface area contributed by atoms with Crippen molar-refractivity contribution in [3.8, 4) is 0 Å². The number of carbonyl (C=O) groups is 2. The summed E-state index contributed by atoms with van der Waals surface area (Å²) in [5, 5.41) is 4.35. The first-order chi connectivity index (χ1) is 14.6. The summed E-state index contributed by atoms with van der Waals surface area (Å²) in [5.41, 5.74) is 1.03. The third kappa shape index (κ3) is 5.03. The normalized spacial score (nSPS) is 26.2. The Morgan fingerprint density at radius 3 is 2.67 bits per heavy atom. The zero-order valence-corrected chi connectivity index (χ0v) is 18.2. The van der Waals surface area contributed by atoms with Crippen molar-refractivity contribution in [2.45, 2.75) is 57.1 Å².